The lowest BCUT2D eigenvalue weighted by Crippen LogP contribution is -2.47. The van der Waals surface area contributed by atoms with Gasteiger partial charge >= 0.3 is 6.03 Å². The van der Waals surface area contributed by atoms with Crippen molar-refractivity contribution in [3.63, 3.8) is 0 Å². The minimum atomic E-state index is -0.987. The van der Waals surface area contributed by atoms with Crippen molar-refractivity contribution in [1.82, 2.24) is 15.5 Å². The van der Waals surface area contributed by atoms with Crippen molar-refractivity contribution in [2.75, 3.05) is 19.7 Å². The monoisotopic (exact) mass is 363 g/mol. The summed E-state index contributed by atoms with van der Waals surface area (Å²) < 4.78 is 5.46. The van der Waals surface area contributed by atoms with E-state index in [1.807, 2.05) is 11.4 Å². The van der Waals surface area contributed by atoms with Crippen molar-refractivity contribution in [1.29, 1.82) is 0 Å². The summed E-state index contributed by atoms with van der Waals surface area (Å²) in [6, 6.07) is 1.43. The van der Waals surface area contributed by atoms with Crippen LogP contribution in [-0.2, 0) is 26.3 Å². The van der Waals surface area contributed by atoms with E-state index in [9.17, 15) is 14.4 Å². The number of imide groups is 1. The van der Waals surface area contributed by atoms with E-state index in [0.717, 1.165) is 47.6 Å². The van der Waals surface area contributed by atoms with E-state index < -0.39 is 11.6 Å². The highest BCUT2D eigenvalue weighted by Crippen LogP contribution is 2.41. The topological polar surface area (TPSA) is 87.7 Å². The largest absolute Gasteiger partial charge is 0.376 e. The first-order valence-electron chi connectivity index (χ1n) is 8.69. The molecule has 25 heavy (non-hydrogen) atoms. The maximum Gasteiger partial charge on any atom is 0.325 e. The van der Waals surface area contributed by atoms with Gasteiger partial charge in [0, 0.05) is 23.6 Å². The fourth-order valence-electron chi connectivity index (χ4n) is 3.92. The molecule has 0 unspecified atom stereocenters. The predicted octanol–water partition coefficient (Wildman–Crippen LogP) is 1.13. The number of hydrogen-bond acceptors (Lipinski definition) is 5. The van der Waals surface area contributed by atoms with Gasteiger partial charge in [-0.1, -0.05) is 0 Å². The van der Waals surface area contributed by atoms with Gasteiger partial charge in [-0.2, -0.15) is 0 Å². The molecule has 0 saturated carbocycles. The molecule has 1 aromatic heterocycles. The van der Waals surface area contributed by atoms with Crippen LogP contribution in [-0.4, -0.2) is 48.5 Å². The molecule has 3 heterocycles. The number of urea groups is 1. The normalized spacial score (nSPS) is 28.3. The van der Waals surface area contributed by atoms with Crippen molar-refractivity contribution < 1.29 is 19.1 Å². The Morgan fingerprint density at radius 2 is 2.32 bits per heavy atom. The van der Waals surface area contributed by atoms with Crippen molar-refractivity contribution >= 4 is 29.2 Å². The molecule has 2 aliphatic heterocycles. The second kappa shape index (κ2) is 6.42. The average molecular weight is 363 g/mol. The minimum absolute atomic E-state index is 0.0325. The van der Waals surface area contributed by atoms with Crippen molar-refractivity contribution in [3.8, 4) is 0 Å². The van der Waals surface area contributed by atoms with Crippen LogP contribution in [0.5, 0.6) is 0 Å². The first kappa shape index (κ1) is 16.5. The smallest absolute Gasteiger partial charge is 0.325 e. The lowest BCUT2D eigenvalue weighted by atomic mass is 9.80. The lowest BCUT2D eigenvalue weighted by molar-refractivity contribution is -0.135. The highest BCUT2D eigenvalue weighted by atomic mass is 32.1. The number of hydrogen-bond donors (Lipinski definition) is 2. The summed E-state index contributed by atoms with van der Waals surface area (Å²) >= 11 is 1.61. The van der Waals surface area contributed by atoms with Crippen LogP contribution < -0.4 is 10.6 Å². The maximum atomic E-state index is 13.0. The van der Waals surface area contributed by atoms with Gasteiger partial charge in [0.15, 0.2) is 0 Å². The zero-order valence-corrected chi connectivity index (χ0v) is 14.7. The van der Waals surface area contributed by atoms with Crippen LogP contribution in [0, 0.1) is 0 Å². The fraction of sp³-hybridized carbons (Fsp3) is 0.588. The highest BCUT2D eigenvalue weighted by Gasteiger charge is 2.54. The first-order chi connectivity index (χ1) is 12.1. The molecule has 0 bridgehead atoms. The molecule has 134 valence electrons. The Labute approximate surface area is 149 Å². The average Bonchev–Trinajstić information content (AvgIpc) is 3.32. The van der Waals surface area contributed by atoms with Crippen molar-refractivity contribution in [2.45, 2.75) is 43.7 Å². The number of nitrogens with zero attached hydrogens (tertiary/aromatic N) is 1. The second-order valence-electron chi connectivity index (χ2n) is 6.78. The molecule has 4 amide bonds. The van der Waals surface area contributed by atoms with Gasteiger partial charge in [0.25, 0.3) is 5.91 Å². The van der Waals surface area contributed by atoms with Gasteiger partial charge in [0.2, 0.25) is 5.91 Å². The number of amides is 4. The molecule has 3 aliphatic rings. The second-order valence-corrected chi connectivity index (χ2v) is 7.78. The van der Waals surface area contributed by atoms with E-state index in [1.54, 1.807) is 11.3 Å². The van der Waals surface area contributed by atoms with Crippen LogP contribution in [0.1, 0.15) is 36.1 Å². The Morgan fingerprint density at radius 3 is 3.12 bits per heavy atom. The molecule has 4 rings (SSSR count). The third kappa shape index (κ3) is 2.83. The third-order valence-electron chi connectivity index (χ3n) is 5.19. The van der Waals surface area contributed by atoms with Gasteiger partial charge in [-0.15, -0.1) is 11.3 Å². The summed E-state index contributed by atoms with van der Waals surface area (Å²) in [5.74, 6) is -0.651. The lowest BCUT2D eigenvalue weighted by Gasteiger charge is -2.31. The summed E-state index contributed by atoms with van der Waals surface area (Å²) in [7, 11) is 0. The van der Waals surface area contributed by atoms with Crippen LogP contribution in [0.2, 0.25) is 0 Å². The molecule has 0 radical (unpaired) electrons. The van der Waals surface area contributed by atoms with Crippen LogP contribution >= 0.6 is 11.3 Å². The molecule has 1 spiro atoms. The summed E-state index contributed by atoms with van der Waals surface area (Å²) in [5.41, 5.74) is -0.0937. The Kier molecular flexibility index (Phi) is 4.24. The zero-order valence-electron chi connectivity index (χ0n) is 13.9. The summed E-state index contributed by atoms with van der Waals surface area (Å²) in [4.78, 5) is 39.7. The zero-order chi connectivity index (χ0) is 17.4. The molecule has 2 N–H and O–H groups in total. The number of thiophene rings is 1. The first-order valence-corrected chi connectivity index (χ1v) is 9.57. The summed E-state index contributed by atoms with van der Waals surface area (Å²) in [6.45, 7) is 0.889. The Morgan fingerprint density at radius 1 is 1.44 bits per heavy atom. The van der Waals surface area contributed by atoms with Crippen LogP contribution in [0.3, 0.4) is 0 Å². The Balaban J connectivity index is 1.44. The number of nitrogens with one attached hydrogen (secondary N) is 2. The van der Waals surface area contributed by atoms with E-state index in [-0.39, 0.29) is 24.5 Å². The van der Waals surface area contributed by atoms with Gasteiger partial charge in [-0.25, -0.2) is 4.79 Å². The van der Waals surface area contributed by atoms with Gasteiger partial charge in [0.1, 0.15) is 12.1 Å². The Bertz CT molecular complexity index is 713. The van der Waals surface area contributed by atoms with Gasteiger partial charge < -0.3 is 15.4 Å². The SMILES string of the molecule is O=C(CN1C(=O)N[C@@]2(CCCc3sccc32)C1=O)NC[C@H]1CCCO1. The molecular formula is C17H21N3O4S. The molecular weight excluding hydrogens is 342 g/mol. The predicted molar refractivity (Wildman–Crippen MR) is 91.2 cm³/mol. The van der Waals surface area contributed by atoms with E-state index >= 15 is 0 Å². The van der Waals surface area contributed by atoms with Gasteiger partial charge in [-0.3, -0.25) is 14.5 Å². The molecule has 1 aromatic rings. The molecule has 7 nitrogen and oxygen atoms in total. The van der Waals surface area contributed by atoms with Crippen LogP contribution in [0.4, 0.5) is 4.79 Å². The third-order valence-corrected chi connectivity index (χ3v) is 6.17. The van der Waals surface area contributed by atoms with E-state index in [2.05, 4.69) is 10.6 Å². The number of carbonyl (C=O) groups excluding carboxylic acids is 3. The summed E-state index contributed by atoms with van der Waals surface area (Å²) in [6.07, 6.45) is 4.31. The van der Waals surface area contributed by atoms with E-state index in [4.69, 9.17) is 4.74 Å². The molecule has 2 saturated heterocycles. The standard InChI is InChI=1S/C17H21N3O4S/c21-14(18-9-11-3-2-7-24-11)10-20-15(22)17(19-16(20)23)6-1-4-13-12(17)5-8-25-13/h5,8,11H,1-4,6-7,9-10H2,(H,18,21)(H,19,23)/t11-,17-/m1/s1. The molecule has 1 aliphatic carbocycles. The fourth-order valence-corrected chi connectivity index (χ4v) is 4.92. The van der Waals surface area contributed by atoms with Gasteiger partial charge in [-0.05, 0) is 43.6 Å². The summed E-state index contributed by atoms with van der Waals surface area (Å²) in [5, 5.41) is 7.57. The number of aryl methyl sites for hydroxylation is 1. The number of rotatable bonds is 4. The van der Waals surface area contributed by atoms with Crippen LogP contribution in [0.25, 0.3) is 0 Å². The van der Waals surface area contributed by atoms with E-state index in [0.29, 0.717) is 13.0 Å². The highest BCUT2D eigenvalue weighted by molar-refractivity contribution is 7.10. The number of carbonyl (C=O) groups is 3. The van der Waals surface area contributed by atoms with Crippen molar-refractivity contribution in [3.05, 3.63) is 21.9 Å². The molecule has 2 fully saturated rings. The van der Waals surface area contributed by atoms with Gasteiger partial charge in [0.05, 0.1) is 6.10 Å². The van der Waals surface area contributed by atoms with Crippen molar-refractivity contribution in [2.24, 2.45) is 0 Å². The minimum Gasteiger partial charge on any atom is -0.376 e. The quantitative estimate of drug-likeness (QED) is 0.785. The molecule has 8 heteroatoms. The van der Waals surface area contributed by atoms with E-state index in [1.165, 1.54) is 0 Å². The number of ether oxygens (including phenoxy) is 1. The Hall–Kier alpha value is -1.93. The van der Waals surface area contributed by atoms with Crippen LogP contribution in [0.15, 0.2) is 11.4 Å². The molecule has 2 atom stereocenters. The maximum absolute atomic E-state index is 13.0. The molecule has 0 aromatic carbocycles. The number of fused-ring (bicyclic) bond motifs is 2.